The maximum atomic E-state index is 13.4. The number of carboxylic acid groups (broad SMARTS) is 2. The molecule has 0 aliphatic rings. The first-order valence-corrected chi connectivity index (χ1v) is 12.9. The molecule has 0 radical (unpaired) electrons. The van der Waals surface area contributed by atoms with Crippen molar-refractivity contribution in [1.82, 2.24) is 16.0 Å². The van der Waals surface area contributed by atoms with Crippen LogP contribution in [0.4, 0.5) is 0 Å². The summed E-state index contributed by atoms with van der Waals surface area (Å²) in [5.74, 6) is -5.20. The van der Waals surface area contributed by atoms with Gasteiger partial charge in [-0.3, -0.25) is 19.2 Å². The van der Waals surface area contributed by atoms with Crippen LogP contribution in [0, 0.1) is 5.92 Å². The number of hydrogen-bond donors (Lipinski definition) is 8. The molecule has 9 N–H and O–H groups in total. The number of aromatic hydroxyl groups is 2. The van der Waals surface area contributed by atoms with Crippen LogP contribution in [-0.4, -0.2) is 74.3 Å². The van der Waals surface area contributed by atoms with Crippen molar-refractivity contribution in [3.05, 3.63) is 59.7 Å². The summed E-state index contributed by atoms with van der Waals surface area (Å²) in [6.07, 6.45) is -0.639. The molecule has 13 nitrogen and oxygen atoms in total. The Kier molecular flexibility index (Phi) is 12.1. The first-order valence-electron chi connectivity index (χ1n) is 12.9. The molecule has 0 saturated carbocycles. The molecule has 0 spiro atoms. The third-order valence-corrected chi connectivity index (χ3v) is 6.25. The second kappa shape index (κ2) is 15.2. The van der Waals surface area contributed by atoms with Crippen LogP contribution in [0.1, 0.15) is 37.8 Å². The highest BCUT2D eigenvalue weighted by Gasteiger charge is 2.32. The smallest absolute Gasteiger partial charge is 0.326 e. The Morgan fingerprint density at radius 2 is 1.17 bits per heavy atom. The second-order valence-corrected chi connectivity index (χ2v) is 9.97. The molecule has 2 aromatic rings. The molecule has 2 rings (SSSR count). The molecule has 0 saturated heterocycles. The van der Waals surface area contributed by atoms with E-state index in [1.165, 1.54) is 36.4 Å². The fourth-order valence-corrected chi connectivity index (χ4v) is 3.88. The summed E-state index contributed by atoms with van der Waals surface area (Å²) in [7, 11) is 0. The summed E-state index contributed by atoms with van der Waals surface area (Å²) in [6.45, 7) is 3.30. The van der Waals surface area contributed by atoms with Gasteiger partial charge in [0.25, 0.3) is 0 Å². The van der Waals surface area contributed by atoms with Gasteiger partial charge in [-0.15, -0.1) is 0 Å². The molecule has 0 heterocycles. The first-order chi connectivity index (χ1) is 19.3. The third kappa shape index (κ3) is 10.8. The predicted octanol–water partition coefficient (Wildman–Crippen LogP) is 0.270. The minimum Gasteiger partial charge on any atom is -0.508 e. The first kappa shape index (κ1) is 32.6. The average Bonchev–Trinajstić information content (AvgIpc) is 2.91. The van der Waals surface area contributed by atoms with Gasteiger partial charge in [-0.1, -0.05) is 38.1 Å². The van der Waals surface area contributed by atoms with Crippen LogP contribution in [-0.2, 0) is 36.8 Å². The van der Waals surface area contributed by atoms with E-state index in [0.29, 0.717) is 11.1 Å². The molecule has 4 atom stereocenters. The van der Waals surface area contributed by atoms with Crippen molar-refractivity contribution in [2.75, 3.05) is 0 Å². The fourth-order valence-electron chi connectivity index (χ4n) is 3.88. The molecule has 0 bridgehead atoms. The van der Waals surface area contributed by atoms with Gasteiger partial charge in [0, 0.05) is 19.3 Å². The van der Waals surface area contributed by atoms with Gasteiger partial charge in [0.1, 0.15) is 29.6 Å². The van der Waals surface area contributed by atoms with Crippen LogP contribution in [0.3, 0.4) is 0 Å². The Labute approximate surface area is 236 Å². The Morgan fingerprint density at radius 1 is 0.707 bits per heavy atom. The SMILES string of the molecule is CC(C)C(NC(=O)C(Cc1ccc(O)cc1)NC(=O)C(N)CCC(=O)O)C(=O)NC(Cc1ccc(O)cc1)C(=O)O. The highest BCUT2D eigenvalue weighted by atomic mass is 16.4. The molecule has 222 valence electrons. The maximum Gasteiger partial charge on any atom is 0.326 e. The van der Waals surface area contributed by atoms with Crippen molar-refractivity contribution in [2.24, 2.45) is 11.7 Å². The Balaban J connectivity index is 2.20. The Morgan fingerprint density at radius 3 is 1.61 bits per heavy atom. The van der Waals surface area contributed by atoms with Crippen LogP contribution in [0.25, 0.3) is 0 Å². The zero-order chi connectivity index (χ0) is 30.7. The number of benzene rings is 2. The van der Waals surface area contributed by atoms with Crippen molar-refractivity contribution in [1.29, 1.82) is 0 Å². The molecule has 4 unspecified atom stereocenters. The van der Waals surface area contributed by atoms with Crippen LogP contribution >= 0.6 is 0 Å². The highest BCUT2D eigenvalue weighted by Crippen LogP contribution is 2.14. The molecule has 13 heteroatoms. The van der Waals surface area contributed by atoms with Gasteiger partial charge in [0.2, 0.25) is 17.7 Å². The summed E-state index contributed by atoms with van der Waals surface area (Å²) in [4.78, 5) is 61.9. The lowest BCUT2D eigenvalue weighted by Gasteiger charge is -2.27. The number of amides is 3. The molecule has 3 amide bonds. The van der Waals surface area contributed by atoms with Crippen LogP contribution in [0.2, 0.25) is 0 Å². The number of aliphatic carboxylic acids is 2. The average molecular weight is 573 g/mol. The lowest BCUT2D eigenvalue weighted by atomic mass is 9.99. The van der Waals surface area contributed by atoms with Crippen LogP contribution < -0.4 is 21.7 Å². The van der Waals surface area contributed by atoms with Crippen LogP contribution in [0.5, 0.6) is 11.5 Å². The second-order valence-electron chi connectivity index (χ2n) is 9.97. The predicted molar refractivity (Wildman–Crippen MR) is 147 cm³/mol. The monoisotopic (exact) mass is 572 g/mol. The number of carbonyl (C=O) groups is 5. The molecular formula is C28H36N4O9. The third-order valence-electron chi connectivity index (χ3n) is 6.25. The van der Waals surface area contributed by atoms with E-state index >= 15 is 0 Å². The largest absolute Gasteiger partial charge is 0.508 e. The van der Waals surface area contributed by atoms with Gasteiger partial charge in [0.05, 0.1) is 6.04 Å². The normalized spacial score (nSPS) is 13.9. The number of hydrogen-bond acceptors (Lipinski definition) is 8. The standard InChI is InChI=1S/C28H36N4O9/c1-15(2)24(27(39)31-22(28(40)41)14-17-5-9-19(34)10-6-17)32-26(38)21(13-16-3-7-18(33)8-4-16)30-25(37)20(29)11-12-23(35)36/h3-10,15,20-22,24,33-34H,11-14,29H2,1-2H3,(H,30,37)(H,31,39)(H,32,38)(H,35,36)(H,40,41). The summed E-state index contributed by atoms with van der Waals surface area (Å²) in [6, 6.07) is 6.77. The maximum absolute atomic E-state index is 13.4. The summed E-state index contributed by atoms with van der Waals surface area (Å²) < 4.78 is 0. The van der Waals surface area contributed by atoms with Gasteiger partial charge in [0.15, 0.2) is 0 Å². The van der Waals surface area contributed by atoms with E-state index in [1.807, 2.05) is 0 Å². The quantitative estimate of drug-likeness (QED) is 0.145. The van der Waals surface area contributed by atoms with Gasteiger partial charge < -0.3 is 42.1 Å². The summed E-state index contributed by atoms with van der Waals surface area (Å²) in [5.41, 5.74) is 6.92. The molecule has 0 aliphatic heterocycles. The topological polar surface area (TPSA) is 228 Å². The zero-order valence-corrected chi connectivity index (χ0v) is 22.7. The van der Waals surface area contributed by atoms with Crippen molar-refractivity contribution in [2.45, 2.75) is 63.7 Å². The van der Waals surface area contributed by atoms with E-state index in [-0.39, 0.29) is 37.2 Å². The number of carboxylic acids is 2. The van der Waals surface area contributed by atoms with E-state index in [4.69, 9.17) is 10.8 Å². The van der Waals surface area contributed by atoms with E-state index in [2.05, 4.69) is 16.0 Å². The minimum atomic E-state index is -1.33. The number of rotatable bonds is 15. The number of phenols is 2. The zero-order valence-electron chi connectivity index (χ0n) is 22.7. The molecular weight excluding hydrogens is 536 g/mol. The fraction of sp³-hybridized carbons (Fsp3) is 0.393. The summed E-state index contributed by atoms with van der Waals surface area (Å²) >= 11 is 0. The van der Waals surface area contributed by atoms with Crippen molar-refractivity contribution < 1.29 is 44.4 Å². The molecule has 41 heavy (non-hydrogen) atoms. The van der Waals surface area contributed by atoms with E-state index in [9.17, 15) is 39.3 Å². The lowest BCUT2D eigenvalue weighted by molar-refractivity contribution is -0.142. The number of nitrogens with two attached hydrogens (primary N) is 1. The molecule has 2 aromatic carbocycles. The molecule has 0 fully saturated rings. The Bertz CT molecular complexity index is 1220. The van der Waals surface area contributed by atoms with Crippen molar-refractivity contribution in [3.8, 4) is 11.5 Å². The van der Waals surface area contributed by atoms with Crippen molar-refractivity contribution >= 4 is 29.7 Å². The number of carbonyl (C=O) groups excluding carboxylic acids is 3. The lowest BCUT2D eigenvalue weighted by Crippen LogP contribution is -2.59. The molecule has 0 aliphatic carbocycles. The van der Waals surface area contributed by atoms with Crippen molar-refractivity contribution in [3.63, 3.8) is 0 Å². The van der Waals surface area contributed by atoms with E-state index in [1.54, 1.807) is 26.0 Å². The van der Waals surface area contributed by atoms with Gasteiger partial charge in [-0.05, 0) is 47.7 Å². The summed E-state index contributed by atoms with van der Waals surface area (Å²) in [5, 5.41) is 45.1. The van der Waals surface area contributed by atoms with E-state index < -0.39 is 59.7 Å². The van der Waals surface area contributed by atoms with Gasteiger partial charge >= 0.3 is 11.9 Å². The van der Waals surface area contributed by atoms with Gasteiger partial charge in [-0.2, -0.15) is 0 Å². The molecule has 0 aromatic heterocycles. The Hall–Kier alpha value is -4.65. The van der Waals surface area contributed by atoms with Gasteiger partial charge in [-0.25, -0.2) is 4.79 Å². The van der Waals surface area contributed by atoms with E-state index in [0.717, 1.165) is 0 Å². The highest BCUT2D eigenvalue weighted by molar-refractivity contribution is 5.94. The van der Waals surface area contributed by atoms with Crippen LogP contribution in [0.15, 0.2) is 48.5 Å². The minimum absolute atomic E-state index is 0.00374. The number of nitrogens with one attached hydrogen (secondary N) is 3. The number of phenolic OH excluding ortho intramolecular Hbond substituents is 2.